The van der Waals surface area contributed by atoms with Crippen LogP contribution in [0.3, 0.4) is 0 Å². The fraction of sp³-hybridized carbons (Fsp3) is 0.400. The minimum Gasteiger partial charge on any atom is -0.480 e. The van der Waals surface area contributed by atoms with Crippen LogP contribution < -0.4 is 5.32 Å². The Kier molecular flexibility index (Phi) is 6.17. The lowest BCUT2D eigenvalue weighted by Gasteiger charge is -2.37. The molecule has 2 aromatic carbocycles. The monoisotopic (exact) mass is 436 g/mol. The van der Waals surface area contributed by atoms with Crippen molar-refractivity contribution >= 4 is 18.0 Å². The largest absolute Gasteiger partial charge is 0.480 e. The zero-order chi connectivity index (χ0) is 22.8. The van der Waals surface area contributed by atoms with Gasteiger partial charge in [0.05, 0.1) is 0 Å². The summed E-state index contributed by atoms with van der Waals surface area (Å²) in [6, 6.07) is 14.4. The van der Waals surface area contributed by atoms with Crippen LogP contribution in [0.4, 0.5) is 4.79 Å². The standard InChI is InChI=1S/C25H28N2O5/c1-15-11-12-22(24(29)30)27(13-15)23(28)16(2)26-25(31)32-14-21-19-9-5-3-7-17(19)18-8-4-6-10-20(18)21/h3-10,15-16,21-22H,11-14H2,1-2H3,(H,26,31)(H,29,30). The molecule has 3 unspecified atom stereocenters. The van der Waals surface area contributed by atoms with Gasteiger partial charge in [0, 0.05) is 12.5 Å². The number of carbonyl (C=O) groups excluding carboxylic acids is 2. The smallest absolute Gasteiger partial charge is 0.407 e. The number of carboxylic acid groups (broad SMARTS) is 1. The predicted octanol–water partition coefficient (Wildman–Crippen LogP) is 3.63. The molecule has 1 heterocycles. The Morgan fingerprint density at radius 1 is 1.06 bits per heavy atom. The second kappa shape index (κ2) is 9.02. The number of amides is 2. The van der Waals surface area contributed by atoms with E-state index in [9.17, 15) is 19.5 Å². The highest BCUT2D eigenvalue weighted by Gasteiger charge is 2.37. The lowest BCUT2D eigenvalue weighted by atomic mass is 9.93. The molecule has 1 aliphatic carbocycles. The third-order valence-electron chi connectivity index (χ3n) is 6.43. The molecule has 7 nitrogen and oxygen atoms in total. The molecular weight excluding hydrogens is 408 g/mol. The van der Waals surface area contributed by atoms with Crippen LogP contribution in [0.2, 0.25) is 0 Å². The summed E-state index contributed by atoms with van der Waals surface area (Å²) in [4.78, 5) is 38.3. The first-order valence-corrected chi connectivity index (χ1v) is 11.0. The number of nitrogens with zero attached hydrogens (tertiary/aromatic N) is 1. The molecule has 2 aliphatic rings. The van der Waals surface area contributed by atoms with Crippen molar-refractivity contribution in [1.82, 2.24) is 10.2 Å². The number of rotatable bonds is 5. The van der Waals surface area contributed by atoms with Gasteiger partial charge in [0.15, 0.2) is 0 Å². The Balaban J connectivity index is 1.39. The molecule has 1 aliphatic heterocycles. The number of alkyl carbamates (subject to hydrolysis) is 1. The van der Waals surface area contributed by atoms with E-state index in [0.29, 0.717) is 13.0 Å². The minimum atomic E-state index is -1.02. The van der Waals surface area contributed by atoms with Crippen molar-refractivity contribution in [3.05, 3.63) is 59.7 Å². The molecule has 4 rings (SSSR count). The summed E-state index contributed by atoms with van der Waals surface area (Å²) < 4.78 is 5.51. The molecule has 32 heavy (non-hydrogen) atoms. The predicted molar refractivity (Wildman–Crippen MR) is 119 cm³/mol. The summed E-state index contributed by atoms with van der Waals surface area (Å²) in [5.41, 5.74) is 4.49. The van der Waals surface area contributed by atoms with Crippen LogP contribution in [-0.4, -0.2) is 53.2 Å². The van der Waals surface area contributed by atoms with Crippen molar-refractivity contribution in [1.29, 1.82) is 0 Å². The van der Waals surface area contributed by atoms with Gasteiger partial charge in [-0.1, -0.05) is 55.5 Å². The van der Waals surface area contributed by atoms with Crippen LogP contribution in [0.25, 0.3) is 11.1 Å². The molecule has 3 atom stereocenters. The van der Waals surface area contributed by atoms with Crippen molar-refractivity contribution < 1.29 is 24.2 Å². The van der Waals surface area contributed by atoms with Gasteiger partial charge < -0.3 is 20.1 Å². The second-order valence-electron chi connectivity index (χ2n) is 8.72. The minimum absolute atomic E-state index is 0.0708. The third-order valence-corrected chi connectivity index (χ3v) is 6.43. The quantitative estimate of drug-likeness (QED) is 0.746. The summed E-state index contributed by atoms with van der Waals surface area (Å²) in [7, 11) is 0. The zero-order valence-electron chi connectivity index (χ0n) is 18.3. The van der Waals surface area contributed by atoms with Gasteiger partial charge in [-0.15, -0.1) is 0 Å². The van der Waals surface area contributed by atoms with Crippen molar-refractivity contribution in [3.63, 3.8) is 0 Å². The van der Waals surface area contributed by atoms with Gasteiger partial charge in [-0.05, 0) is 47.9 Å². The fourth-order valence-electron chi connectivity index (χ4n) is 4.78. The molecule has 1 fully saturated rings. The molecule has 0 radical (unpaired) electrons. The maximum atomic E-state index is 12.9. The molecule has 2 aromatic rings. The van der Waals surface area contributed by atoms with Crippen molar-refractivity contribution in [2.45, 2.75) is 44.7 Å². The van der Waals surface area contributed by atoms with Gasteiger partial charge in [-0.25, -0.2) is 9.59 Å². The number of benzene rings is 2. The number of ether oxygens (including phenoxy) is 1. The highest BCUT2D eigenvalue weighted by molar-refractivity contribution is 5.89. The van der Waals surface area contributed by atoms with Crippen molar-refractivity contribution in [3.8, 4) is 11.1 Å². The Bertz CT molecular complexity index is 991. The average Bonchev–Trinajstić information content (AvgIpc) is 3.10. The number of likely N-dealkylation sites (tertiary alicyclic amines) is 1. The van der Waals surface area contributed by atoms with E-state index in [-0.39, 0.29) is 18.4 Å². The fourth-order valence-corrected chi connectivity index (χ4v) is 4.78. The number of carboxylic acids is 1. The van der Waals surface area contributed by atoms with E-state index in [1.54, 1.807) is 6.92 Å². The van der Waals surface area contributed by atoms with Crippen LogP contribution in [0, 0.1) is 5.92 Å². The van der Waals surface area contributed by atoms with Crippen LogP contribution in [0.15, 0.2) is 48.5 Å². The summed E-state index contributed by atoms with van der Waals surface area (Å²) >= 11 is 0. The summed E-state index contributed by atoms with van der Waals surface area (Å²) in [6.45, 7) is 4.07. The Labute approximate surface area is 187 Å². The number of piperidine rings is 1. The second-order valence-corrected chi connectivity index (χ2v) is 8.72. The average molecular weight is 437 g/mol. The summed E-state index contributed by atoms with van der Waals surface area (Å²) in [6.07, 6.45) is 0.485. The van der Waals surface area contributed by atoms with E-state index in [1.807, 2.05) is 43.3 Å². The molecule has 0 saturated carbocycles. The normalized spacial score (nSPS) is 20.8. The van der Waals surface area contributed by atoms with Crippen LogP contribution >= 0.6 is 0 Å². The lowest BCUT2D eigenvalue weighted by Crippen LogP contribution is -2.56. The van der Waals surface area contributed by atoms with E-state index in [0.717, 1.165) is 28.7 Å². The summed E-state index contributed by atoms with van der Waals surface area (Å²) in [5.74, 6) is -1.27. The highest BCUT2D eigenvalue weighted by Crippen LogP contribution is 2.44. The molecule has 168 valence electrons. The maximum absolute atomic E-state index is 12.9. The number of nitrogens with one attached hydrogen (secondary N) is 1. The Hall–Kier alpha value is -3.35. The van der Waals surface area contributed by atoms with E-state index in [4.69, 9.17) is 4.74 Å². The van der Waals surface area contributed by atoms with Gasteiger partial charge in [0.25, 0.3) is 0 Å². The van der Waals surface area contributed by atoms with E-state index < -0.39 is 30.1 Å². The zero-order valence-corrected chi connectivity index (χ0v) is 18.3. The molecule has 2 amide bonds. The lowest BCUT2D eigenvalue weighted by molar-refractivity contribution is -0.153. The van der Waals surface area contributed by atoms with Gasteiger partial charge >= 0.3 is 12.1 Å². The summed E-state index contributed by atoms with van der Waals surface area (Å²) in [5, 5.41) is 12.0. The van der Waals surface area contributed by atoms with Crippen LogP contribution in [0.5, 0.6) is 0 Å². The van der Waals surface area contributed by atoms with Gasteiger partial charge in [-0.2, -0.15) is 0 Å². The number of fused-ring (bicyclic) bond motifs is 3. The Morgan fingerprint density at radius 3 is 2.25 bits per heavy atom. The number of hydrogen-bond acceptors (Lipinski definition) is 4. The number of hydrogen-bond donors (Lipinski definition) is 2. The van der Waals surface area contributed by atoms with Crippen LogP contribution in [-0.2, 0) is 14.3 Å². The molecule has 2 N–H and O–H groups in total. The van der Waals surface area contributed by atoms with Crippen molar-refractivity contribution in [2.24, 2.45) is 5.92 Å². The molecule has 1 saturated heterocycles. The highest BCUT2D eigenvalue weighted by atomic mass is 16.5. The Morgan fingerprint density at radius 2 is 1.66 bits per heavy atom. The first-order valence-electron chi connectivity index (χ1n) is 11.0. The van der Waals surface area contributed by atoms with E-state index >= 15 is 0 Å². The van der Waals surface area contributed by atoms with Gasteiger partial charge in [-0.3, -0.25) is 4.79 Å². The number of carbonyl (C=O) groups is 3. The van der Waals surface area contributed by atoms with Crippen LogP contribution in [0.1, 0.15) is 43.7 Å². The first kappa shape index (κ1) is 21.9. The SMILES string of the molecule is CC1CCC(C(=O)O)N(C(=O)C(C)NC(=O)OCC2c3ccccc3-c3ccccc32)C1. The van der Waals surface area contributed by atoms with E-state index in [2.05, 4.69) is 17.4 Å². The van der Waals surface area contributed by atoms with Gasteiger partial charge in [0.1, 0.15) is 18.7 Å². The first-order chi connectivity index (χ1) is 15.4. The van der Waals surface area contributed by atoms with E-state index in [1.165, 1.54) is 4.90 Å². The molecule has 7 heteroatoms. The third kappa shape index (κ3) is 4.20. The maximum Gasteiger partial charge on any atom is 0.407 e. The van der Waals surface area contributed by atoms with Gasteiger partial charge in [0.2, 0.25) is 5.91 Å². The topological polar surface area (TPSA) is 95.9 Å². The molecule has 0 bridgehead atoms. The molecule has 0 aromatic heterocycles. The molecule has 0 spiro atoms. The number of aliphatic carboxylic acids is 1. The van der Waals surface area contributed by atoms with Crippen molar-refractivity contribution in [2.75, 3.05) is 13.2 Å². The molecular formula is C25H28N2O5.